The molecular formula is C20H23N5O2. The maximum absolute atomic E-state index is 9.15. The van der Waals surface area contributed by atoms with Crippen LogP contribution in [0.25, 0.3) is 11.3 Å². The van der Waals surface area contributed by atoms with Gasteiger partial charge in [-0.1, -0.05) is 6.07 Å². The van der Waals surface area contributed by atoms with Gasteiger partial charge in [0.2, 0.25) is 0 Å². The first-order valence-corrected chi connectivity index (χ1v) is 8.40. The van der Waals surface area contributed by atoms with Crippen molar-refractivity contribution in [3.63, 3.8) is 0 Å². The first-order chi connectivity index (χ1) is 13.1. The van der Waals surface area contributed by atoms with Crippen LogP contribution >= 0.6 is 0 Å². The van der Waals surface area contributed by atoms with Crippen LogP contribution in [0.2, 0.25) is 0 Å². The number of amidine groups is 1. The third kappa shape index (κ3) is 5.64. The maximum atomic E-state index is 9.15. The summed E-state index contributed by atoms with van der Waals surface area (Å²) >= 11 is 0. The summed E-state index contributed by atoms with van der Waals surface area (Å²) in [6.07, 6.45) is 4.69. The highest BCUT2D eigenvalue weighted by Crippen LogP contribution is 2.30. The van der Waals surface area contributed by atoms with Crippen LogP contribution in [-0.4, -0.2) is 43.0 Å². The van der Waals surface area contributed by atoms with Crippen molar-refractivity contribution in [2.45, 2.75) is 6.54 Å². The van der Waals surface area contributed by atoms with Crippen molar-refractivity contribution in [2.24, 2.45) is 5.73 Å². The number of nitrogens with zero attached hydrogens (tertiary/aromatic N) is 3. The van der Waals surface area contributed by atoms with Crippen LogP contribution in [0.5, 0.6) is 5.75 Å². The summed E-state index contributed by atoms with van der Waals surface area (Å²) in [6, 6.07) is 11.0. The Bertz CT molecular complexity index is 840. The molecule has 2 aromatic rings. The summed E-state index contributed by atoms with van der Waals surface area (Å²) in [6.45, 7) is 1.56. The molecule has 0 bridgehead atoms. The van der Waals surface area contributed by atoms with E-state index in [2.05, 4.69) is 11.1 Å². The van der Waals surface area contributed by atoms with E-state index in [0.717, 1.165) is 11.1 Å². The monoisotopic (exact) mass is 365 g/mol. The molecule has 0 aliphatic heterocycles. The van der Waals surface area contributed by atoms with Crippen molar-refractivity contribution in [3.05, 3.63) is 60.0 Å². The van der Waals surface area contributed by atoms with E-state index in [1.807, 2.05) is 12.1 Å². The Hall–Kier alpha value is -3.21. The Morgan fingerprint density at radius 3 is 2.81 bits per heavy atom. The van der Waals surface area contributed by atoms with Crippen LogP contribution in [0, 0.1) is 16.7 Å². The number of ether oxygens (including phenoxy) is 2. The third-order valence-corrected chi connectivity index (χ3v) is 3.91. The molecule has 0 saturated carbocycles. The number of likely N-dealkylation sites (N-methyl/N-ethyl adjacent to an activating group) is 1. The highest BCUT2D eigenvalue weighted by molar-refractivity contribution is 5.89. The zero-order chi connectivity index (χ0) is 19.6. The number of rotatable bonds is 8. The Morgan fingerprint density at radius 2 is 2.19 bits per heavy atom. The molecule has 0 spiro atoms. The number of hydrogen-bond donors (Lipinski definition) is 2. The molecule has 7 nitrogen and oxygen atoms in total. The van der Waals surface area contributed by atoms with E-state index in [1.54, 1.807) is 49.5 Å². The second kappa shape index (κ2) is 10.1. The Balaban J connectivity index is 2.20. The zero-order valence-electron chi connectivity index (χ0n) is 15.5. The van der Waals surface area contributed by atoms with Crippen LogP contribution < -0.4 is 10.5 Å². The van der Waals surface area contributed by atoms with Gasteiger partial charge in [0.15, 0.2) is 0 Å². The lowest BCUT2D eigenvalue weighted by atomic mass is 10.1. The minimum Gasteiger partial charge on any atom is -0.464 e. The summed E-state index contributed by atoms with van der Waals surface area (Å²) < 4.78 is 10.7. The van der Waals surface area contributed by atoms with E-state index in [1.165, 1.54) is 6.26 Å². The number of benzene rings is 1. The van der Waals surface area contributed by atoms with Crippen molar-refractivity contribution < 1.29 is 9.47 Å². The highest BCUT2D eigenvalue weighted by atomic mass is 16.5. The van der Waals surface area contributed by atoms with Gasteiger partial charge in [-0.2, -0.15) is 5.26 Å². The zero-order valence-corrected chi connectivity index (χ0v) is 15.5. The van der Waals surface area contributed by atoms with Crippen molar-refractivity contribution in [3.8, 4) is 23.1 Å². The maximum Gasteiger partial charge on any atom is 0.137 e. The average molecular weight is 365 g/mol. The molecule has 1 aromatic carbocycles. The van der Waals surface area contributed by atoms with Gasteiger partial charge in [0.05, 0.1) is 30.2 Å². The number of nitrogens with one attached hydrogen (secondary N) is 1. The van der Waals surface area contributed by atoms with Gasteiger partial charge in [0.1, 0.15) is 11.6 Å². The molecule has 3 N–H and O–H groups in total. The summed E-state index contributed by atoms with van der Waals surface area (Å²) in [5.41, 5.74) is 8.49. The van der Waals surface area contributed by atoms with Gasteiger partial charge in [0, 0.05) is 45.1 Å². The molecule has 2 rings (SSSR count). The van der Waals surface area contributed by atoms with Gasteiger partial charge in [0.25, 0.3) is 0 Å². The van der Waals surface area contributed by atoms with Gasteiger partial charge < -0.3 is 20.1 Å². The van der Waals surface area contributed by atoms with E-state index in [-0.39, 0.29) is 5.84 Å². The third-order valence-electron chi connectivity index (χ3n) is 3.91. The largest absolute Gasteiger partial charge is 0.464 e. The summed E-state index contributed by atoms with van der Waals surface area (Å²) in [5.74, 6) is 0.779. The van der Waals surface area contributed by atoms with Gasteiger partial charge in [-0.3, -0.25) is 10.4 Å². The molecule has 1 heterocycles. The lowest BCUT2D eigenvalue weighted by Gasteiger charge is -2.16. The fourth-order valence-corrected chi connectivity index (χ4v) is 2.25. The number of aromatic nitrogens is 1. The number of hydrogen-bond acceptors (Lipinski definition) is 6. The van der Waals surface area contributed by atoms with Gasteiger partial charge in [-0.25, -0.2) is 0 Å². The van der Waals surface area contributed by atoms with E-state index in [0.29, 0.717) is 36.7 Å². The highest BCUT2D eigenvalue weighted by Gasteiger charge is 2.09. The number of methoxy groups -OCH3 is 1. The number of nitrogens with two attached hydrogens (primary N) is 1. The molecule has 27 heavy (non-hydrogen) atoms. The van der Waals surface area contributed by atoms with Gasteiger partial charge in [-0.05, 0) is 29.8 Å². The minimum atomic E-state index is 0.287. The molecule has 0 saturated heterocycles. The summed E-state index contributed by atoms with van der Waals surface area (Å²) in [4.78, 5) is 6.15. The Kier molecular flexibility index (Phi) is 7.49. The SMILES string of the molecule is COCCN(C)C(=N)/C=C/Oc1cc(C#N)ccc1-c1ccc(CN)cn1. The van der Waals surface area contributed by atoms with E-state index >= 15 is 0 Å². The molecule has 7 heteroatoms. The fourth-order valence-electron chi connectivity index (χ4n) is 2.25. The predicted octanol–water partition coefficient (Wildman–Crippen LogP) is 2.53. The quantitative estimate of drug-likeness (QED) is 0.423. The van der Waals surface area contributed by atoms with Crippen LogP contribution in [0.4, 0.5) is 0 Å². The van der Waals surface area contributed by atoms with Crippen LogP contribution in [0.1, 0.15) is 11.1 Å². The normalized spacial score (nSPS) is 10.6. The fraction of sp³-hybridized carbons (Fsp3) is 0.250. The van der Waals surface area contributed by atoms with Crippen LogP contribution in [0.15, 0.2) is 48.9 Å². The molecule has 0 fully saturated rings. The van der Waals surface area contributed by atoms with Crippen molar-refractivity contribution in [2.75, 3.05) is 27.3 Å². The van der Waals surface area contributed by atoms with Crippen molar-refractivity contribution >= 4 is 5.84 Å². The van der Waals surface area contributed by atoms with Crippen LogP contribution in [0.3, 0.4) is 0 Å². The first kappa shape index (κ1) is 20.1. The predicted molar refractivity (Wildman–Crippen MR) is 104 cm³/mol. The molecule has 0 aliphatic carbocycles. The van der Waals surface area contributed by atoms with E-state index in [9.17, 15) is 0 Å². The number of pyridine rings is 1. The summed E-state index contributed by atoms with van der Waals surface area (Å²) in [5, 5.41) is 17.2. The summed E-state index contributed by atoms with van der Waals surface area (Å²) in [7, 11) is 3.42. The molecule has 0 aliphatic rings. The molecule has 0 amide bonds. The topological polar surface area (TPSA) is 108 Å². The van der Waals surface area contributed by atoms with Gasteiger partial charge >= 0.3 is 0 Å². The standard InChI is InChI=1S/C20H23N5O2/c1-25(8-10-26-2)20(23)7-9-27-19-11-15(12-21)3-5-17(19)18-6-4-16(13-22)14-24-18/h3-7,9,11,14,23H,8,10,13,22H2,1-2H3/b9-7+,23-20?. The molecule has 0 unspecified atom stereocenters. The first-order valence-electron chi connectivity index (χ1n) is 8.40. The molecule has 140 valence electrons. The average Bonchev–Trinajstić information content (AvgIpc) is 2.71. The van der Waals surface area contributed by atoms with E-state index in [4.69, 9.17) is 25.9 Å². The molecule has 0 atom stereocenters. The second-order valence-corrected chi connectivity index (χ2v) is 5.80. The van der Waals surface area contributed by atoms with Gasteiger partial charge in [-0.15, -0.1) is 0 Å². The molecule has 1 aromatic heterocycles. The van der Waals surface area contributed by atoms with Crippen molar-refractivity contribution in [1.82, 2.24) is 9.88 Å². The molecular weight excluding hydrogens is 342 g/mol. The second-order valence-electron chi connectivity index (χ2n) is 5.80. The molecule has 0 radical (unpaired) electrons. The van der Waals surface area contributed by atoms with E-state index < -0.39 is 0 Å². The van der Waals surface area contributed by atoms with Crippen molar-refractivity contribution in [1.29, 1.82) is 10.7 Å². The Labute approximate surface area is 159 Å². The lowest BCUT2D eigenvalue weighted by molar-refractivity contribution is 0.183. The smallest absolute Gasteiger partial charge is 0.137 e. The van der Waals surface area contributed by atoms with Crippen LogP contribution in [-0.2, 0) is 11.3 Å². The minimum absolute atomic E-state index is 0.287. The Morgan fingerprint density at radius 1 is 1.37 bits per heavy atom. The lowest BCUT2D eigenvalue weighted by Crippen LogP contribution is -2.27. The number of nitriles is 1.